The SMILES string of the molecule is CCOCCn1c(=O)c2c(nc3oc(C)c(C)n32)n(C)c1=O. The first kappa shape index (κ1) is 14.6. The molecule has 3 aromatic rings. The number of oxazole rings is 1. The topological polar surface area (TPSA) is 83.7 Å². The Kier molecular flexibility index (Phi) is 3.40. The molecular weight excluding hydrogens is 288 g/mol. The zero-order valence-electron chi connectivity index (χ0n) is 13.0. The summed E-state index contributed by atoms with van der Waals surface area (Å²) in [5.74, 6) is 1.01. The fraction of sp³-hybridized carbons (Fsp3) is 0.500. The minimum Gasteiger partial charge on any atom is -0.428 e. The van der Waals surface area contributed by atoms with Gasteiger partial charge in [0.2, 0.25) is 0 Å². The summed E-state index contributed by atoms with van der Waals surface area (Å²) in [7, 11) is 1.59. The zero-order valence-corrected chi connectivity index (χ0v) is 13.0. The predicted octanol–water partition coefficient (Wildman–Crippen LogP) is 0.594. The highest BCUT2D eigenvalue weighted by atomic mass is 16.5. The lowest BCUT2D eigenvalue weighted by atomic mass is 10.4. The highest BCUT2D eigenvalue weighted by Gasteiger charge is 2.20. The van der Waals surface area contributed by atoms with E-state index in [0.717, 1.165) is 5.69 Å². The number of nitrogens with zero attached hydrogens (tertiary/aromatic N) is 4. The highest BCUT2D eigenvalue weighted by molar-refractivity contribution is 5.75. The Labute approximate surface area is 125 Å². The molecular formula is C14H18N4O4. The van der Waals surface area contributed by atoms with Crippen LogP contribution in [0.15, 0.2) is 14.0 Å². The van der Waals surface area contributed by atoms with E-state index in [2.05, 4.69) is 4.98 Å². The van der Waals surface area contributed by atoms with Crippen LogP contribution in [0.5, 0.6) is 0 Å². The molecule has 8 nitrogen and oxygen atoms in total. The standard InChI is InChI=1S/C14H18N4O4/c1-5-21-7-6-17-12(19)10-11(16(4)14(17)20)15-13-18(10)8(2)9(3)22-13/h5-7H2,1-4H3. The first-order chi connectivity index (χ1) is 10.5. The first-order valence-electron chi connectivity index (χ1n) is 7.13. The number of imidazole rings is 1. The monoisotopic (exact) mass is 306 g/mol. The molecule has 8 heteroatoms. The summed E-state index contributed by atoms with van der Waals surface area (Å²) in [6.07, 6.45) is 0. The van der Waals surface area contributed by atoms with E-state index in [-0.39, 0.29) is 12.1 Å². The van der Waals surface area contributed by atoms with Gasteiger partial charge in [-0.2, -0.15) is 4.98 Å². The van der Waals surface area contributed by atoms with Crippen molar-refractivity contribution in [1.82, 2.24) is 18.5 Å². The molecule has 0 radical (unpaired) electrons. The third-order valence-electron chi connectivity index (χ3n) is 3.86. The fourth-order valence-electron chi connectivity index (χ4n) is 2.55. The molecule has 0 atom stereocenters. The second-order valence-corrected chi connectivity index (χ2v) is 5.14. The van der Waals surface area contributed by atoms with Gasteiger partial charge in [-0.05, 0) is 20.8 Å². The third-order valence-corrected chi connectivity index (χ3v) is 3.86. The molecule has 0 saturated heterocycles. The highest BCUT2D eigenvalue weighted by Crippen LogP contribution is 2.19. The van der Waals surface area contributed by atoms with Crippen molar-refractivity contribution in [2.45, 2.75) is 27.3 Å². The van der Waals surface area contributed by atoms with Gasteiger partial charge in [-0.3, -0.25) is 18.3 Å². The molecule has 3 heterocycles. The molecule has 0 aliphatic carbocycles. The van der Waals surface area contributed by atoms with E-state index in [9.17, 15) is 9.59 Å². The van der Waals surface area contributed by atoms with Crippen LogP contribution in [0.25, 0.3) is 17.0 Å². The van der Waals surface area contributed by atoms with Crippen LogP contribution in [0.4, 0.5) is 0 Å². The van der Waals surface area contributed by atoms with Crippen LogP contribution in [0.3, 0.4) is 0 Å². The van der Waals surface area contributed by atoms with Gasteiger partial charge in [-0.15, -0.1) is 0 Å². The van der Waals surface area contributed by atoms with Crippen molar-refractivity contribution in [2.75, 3.05) is 13.2 Å². The molecule has 0 aliphatic heterocycles. The van der Waals surface area contributed by atoms with E-state index in [1.165, 1.54) is 9.13 Å². The summed E-state index contributed by atoms with van der Waals surface area (Å²) < 4.78 is 15.0. The summed E-state index contributed by atoms with van der Waals surface area (Å²) >= 11 is 0. The Balaban J connectivity index is 2.36. The summed E-state index contributed by atoms with van der Waals surface area (Å²) in [4.78, 5) is 29.3. The van der Waals surface area contributed by atoms with Crippen molar-refractivity contribution in [2.24, 2.45) is 7.05 Å². The van der Waals surface area contributed by atoms with Gasteiger partial charge >= 0.3 is 11.5 Å². The smallest absolute Gasteiger partial charge is 0.332 e. The van der Waals surface area contributed by atoms with Gasteiger partial charge in [-0.25, -0.2) is 4.79 Å². The fourth-order valence-corrected chi connectivity index (χ4v) is 2.55. The quantitative estimate of drug-likeness (QED) is 0.659. The molecule has 0 N–H and O–H groups in total. The largest absolute Gasteiger partial charge is 0.428 e. The van der Waals surface area contributed by atoms with Crippen LogP contribution in [-0.2, 0) is 18.3 Å². The second-order valence-electron chi connectivity index (χ2n) is 5.14. The number of rotatable bonds is 4. The maximum atomic E-state index is 12.7. The second kappa shape index (κ2) is 5.13. The molecule has 0 spiro atoms. The summed E-state index contributed by atoms with van der Waals surface area (Å²) in [6, 6.07) is 0. The Morgan fingerprint density at radius 3 is 2.68 bits per heavy atom. The molecule has 0 unspecified atom stereocenters. The number of hydrogen-bond acceptors (Lipinski definition) is 5. The van der Waals surface area contributed by atoms with Gasteiger partial charge < -0.3 is 9.15 Å². The lowest BCUT2D eigenvalue weighted by Crippen LogP contribution is -2.40. The van der Waals surface area contributed by atoms with Crippen molar-refractivity contribution in [3.63, 3.8) is 0 Å². The molecule has 22 heavy (non-hydrogen) atoms. The molecule has 3 aromatic heterocycles. The van der Waals surface area contributed by atoms with Crippen molar-refractivity contribution >= 4 is 17.0 Å². The van der Waals surface area contributed by atoms with Crippen molar-refractivity contribution in [3.8, 4) is 0 Å². The maximum Gasteiger partial charge on any atom is 0.332 e. The Hall–Kier alpha value is -2.35. The molecule has 0 saturated carbocycles. The number of fused-ring (bicyclic) bond motifs is 3. The Morgan fingerprint density at radius 2 is 2.00 bits per heavy atom. The zero-order chi connectivity index (χ0) is 16.0. The number of aryl methyl sites for hydroxylation is 3. The van der Waals surface area contributed by atoms with Crippen LogP contribution in [0.2, 0.25) is 0 Å². The minimum atomic E-state index is -0.410. The number of ether oxygens (including phenoxy) is 1. The van der Waals surface area contributed by atoms with Crippen molar-refractivity contribution in [1.29, 1.82) is 0 Å². The van der Waals surface area contributed by atoms with Crippen molar-refractivity contribution < 1.29 is 9.15 Å². The van der Waals surface area contributed by atoms with E-state index in [4.69, 9.17) is 9.15 Å². The first-order valence-corrected chi connectivity index (χ1v) is 7.13. The van der Waals surface area contributed by atoms with Gasteiger partial charge in [0.05, 0.1) is 18.8 Å². The molecule has 0 amide bonds. The van der Waals surface area contributed by atoms with Gasteiger partial charge in [0.15, 0.2) is 11.2 Å². The Morgan fingerprint density at radius 1 is 1.27 bits per heavy atom. The molecule has 3 rings (SSSR count). The normalized spacial score (nSPS) is 11.8. The minimum absolute atomic E-state index is 0.207. The van der Waals surface area contributed by atoms with Gasteiger partial charge in [0.1, 0.15) is 5.76 Å². The predicted molar refractivity (Wildman–Crippen MR) is 80.4 cm³/mol. The molecule has 0 aliphatic rings. The molecule has 118 valence electrons. The average molecular weight is 306 g/mol. The van der Waals surface area contributed by atoms with Crippen molar-refractivity contribution in [3.05, 3.63) is 32.3 Å². The molecule has 0 bridgehead atoms. The molecule has 0 fully saturated rings. The summed E-state index contributed by atoms with van der Waals surface area (Å²) in [5.41, 5.74) is 0.679. The van der Waals surface area contributed by atoms with Gasteiger partial charge in [0.25, 0.3) is 5.56 Å². The molecule has 0 aromatic carbocycles. The number of hydrogen-bond donors (Lipinski definition) is 0. The van der Waals surface area contributed by atoms with Gasteiger partial charge in [-0.1, -0.05) is 0 Å². The van der Waals surface area contributed by atoms with E-state index in [1.807, 2.05) is 20.8 Å². The van der Waals surface area contributed by atoms with E-state index in [1.54, 1.807) is 11.4 Å². The maximum absolute atomic E-state index is 12.7. The van der Waals surface area contributed by atoms with E-state index in [0.29, 0.717) is 36.0 Å². The van der Waals surface area contributed by atoms with Crippen LogP contribution in [0, 0.1) is 13.8 Å². The lowest BCUT2D eigenvalue weighted by molar-refractivity contribution is 0.137. The van der Waals surface area contributed by atoms with Gasteiger partial charge in [0, 0.05) is 13.7 Å². The average Bonchev–Trinajstić information content (AvgIpc) is 2.98. The third kappa shape index (κ3) is 1.91. The summed E-state index contributed by atoms with van der Waals surface area (Å²) in [5, 5.41) is 0. The van der Waals surface area contributed by atoms with Crippen LogP contribution < -0.4 is 11.2 Å². The van der Waals surface area contributed by atoms with E-state index >= 15 is 0 Å². The number of aromatic nitrogens is 4. The summed E-state index contributed by atoms with van der Waals surface area (Å²) in [6.45, 7) is 6.57. The van der Waals surface area contributed by atoms with Crippen LogP contribution in [-0.4, -0.2) is 31.7 Å². The lowest BCUT2D eigenvalue weighted by Gasteiger charge is -2.08. The van der Waals surface area contributed by atoms with Crippen LogP contribution >= 0.6 is 0 Å². The van der Waals surface area contributed by atoms with E-state index < -0.39 is 5.69 Å². The Bertz CT molecular complexity index is 973. The van der Waals surface area contributed by atoms with Crippen LogP contribution in [0.1, 0.15) is 18.4 Å².